The molecule has 68 heavy (non-hydrogen) atoms. The van der Waals surface area contributed by atoms with Gasteiger partial charge in [-0.2, -0.15) is 0 Å². The van der Waals surface area contributed by atoms with Crippen LogP contribution in [0.15, 0.2) is 96.3 Å². The molecule has 5 heterocycles. The predicted octanol–water partition coefficient (Wildman–Crippen LogP) is 9.00. The molecule has 12 nitrogen and oxygen atoms in total. The zero-order valence-corrected chi connectivity index (χ0v) is 41.1. The minimum atomic E-state index is -0.758. The topological polar surface area (TPSA) is 162 Å². The first-order chi connectivity index (χ1) is 31.7. The molecule has 0 bridgehead atoms. The molecule has 3 fully saturated rings. The lowest BCUT2D eigenvalue weighted by Crippen LogP contribution is -2.51. The molecule has 356 valence electrons. The first-order valence-electron chi connectivity index (χ1n) is 23.6. The number of hydrogen-bond donors (Lipinski definition) is 2. The summed E-state index contributed by atoms with van der Waals surface area (Å²) < 4.78 is 0. The molecule has 1 saturated carbocycles. The number of rotatable bonds is 3. The van der Waals surface area contributed by atoms with Crippen LogP contribution in [0.3, 0.4) is 0 Å². The van der Waals surface area contributed by atoms with Crippen molar-refractivity contribution >= 4 is 47.3 Å². The number of Topliss-reactive ketones (excluding diaryl/α,β-unsaturated/α-hetero) is 2. The number of hydrogen-bond acceptors (Lipinski definition) is 8. The molecule has 4 atom stereocenters. The smallest absolute Gasteiger partial charge is 0.262 e. The zero-order chi connectivity index (χ0) is 49.8. The van der Waals surface area contributed by atoms with E-state index in [4.69, 9.17) is 0 Å². The molecule has 1 aliphatic carbocycles. The number of fused-ring (bicyclic) bond motifs is 3. The van der Waals surface area contributed by atoms with Crippen LogP contribution in [0.2, 0.25) is 0 Å². The summed E-state index contributed by atoms with van der Waals surface area (Å²) >= 11 is 0. The van der Waals surface area contributed by atoms with Gasteiger partial charge >= 0.3 is 0 Å². The van der Waals surface area contributed by atoms with Crippen LogP contribution in [0.4, 0.5) is 0 Å². The van der Waals surface area contributed by atoms with E-state index in [0.29, 0.717) is 61.0 Å². The fourth-order valence-corrected chi connectivity index (χ4v) is 9.49. The molecular formula is C56H65N5O7. The highest BCUT2D eigenvalue weighted by Crippen LogP contribution is 2.36. The van der Waals surface area contributed by atoms with Crippen molar-refractivity contribution in [2.75, 3.05) is 0 Å². The molecule has 4 unspecified atom stereocenters. The second-order valence-electron chi connectivity index (χ2n) is 22.0. The summed E-state index contributed by atoms with van der Waals surface area (Å²) in [6.07, 6.45) is 6.01. The van der Waals surface area contributed by atoms with E-state index in [-0.39, 0.29) is 63.4 Å². The third-order valence-corrected chi connectivity index (χ3v) is 13.8. The molecular weight excluding hydrogens is 855 g/mol. The number of carbonyl (C=O) groups excluding carboxylic acids is 7. The summed E-state index contributed by atoms with van der Waals surface area (Å²) in [6, 6.07) is 15.6. The molecule has 2 saturated heterocycles. The SMILES string of the molecule is C=C1CCC(C2N=Cc3cc(C(C)(C)C)ccc3C2=O)C(=O)C1.C=C1CCC(N2C(=O)c3ccc(C(C)(C)C)cc3C2=O)C(=O)N1.C=C1CCC(N2Cc3cc(C(C)(C)C)ccc3C2=O)C(=O)N1. The van der Waals surface area contributed by atoms with E-state index in [1.807, 2.05) is 57.2 Å². The number of amides is 5. The third kappa shape index (κ3) is 10.0. The summed E-state index contributed by atoms with van der Waals surface area (Å²) in [4.78, 5) is 94.5. The average Bonchev–Trinajstić information content (AvgIpc) is 3.71. The highest BCUT2D eigenvalue weighted by molar-refractivity contribution is 6.23. The Morgan fingerprint density at radius 2 is 1.09 bits per heavy atom. The van der Waals surface area contributed by atoms with Gasteiger partial charge in [0.15, 0.2) is 5.78 Å². The van der Waals surface area contributed by atoms with E-state index < -0.39 is 18.0 Å². The van der Waals surface area contributed by atoms with Gasteiger partial charge in [0.2, 0.25) is 11.8 Å². The lowest BCUT2D eigenvalue weighted by Gasteiger charge is -2.30. The highest BCUT2D eigenvalue weighted by Gasteiger charge is 2.45. The summed E-state index contributed by atoms with van der Waals surface area (Å²) in [7, 11) is 0. The maximum atomic E-state index is 12.8. The summed E-state index contributed by atoms with van der Waals surface area (Å²) in [5.41, 5.74) is 9.73. The molecule has 0 spiro atoms. The number of nitrogens with zero attached hydrogens (tertiary/aromatic N) is 3. The van der Waals surface area contributed by atoms with Gasteiger partial charge in [-0.1, -0.05) is 118 Å². The van der Waals surface area contributed by atoms with Gasteiger partial charge in [0, 0.05) is 53.2 Å². The zero-order valence-electron chi connectivity index (χ0n) is 41.1. The van der Waals surface area contributed by atoms with Crippen LogP contribution in [0, 0.1) is 5.92 Å². The minimum absolute atomic E-state index is 0.0196. The number of carbonyl (C=O) groups is 7. The minimum Gasteiger partial charge on any atom is -0.329 e. The van der Waals surface area contributed by atoms with Crippen molar-refractivity contribution in [2.24, 2.45) is 10.9 Å². The van der Waals surface area contributed by atoms with Crippen molar-refractivity contribution < 1.29 is 33.6 Å². The molecule has 2 N–H and O–H groups in total. The molecule has 3 aromatic carbocycles. The van der Waals surface area contributed by atoms with Crippen LogP contribution >= 0.6 is 0 Å². The quantitative estimate of drug-likeness (QED) is 0.196. The molecule has 0 aromatic heterocycles. The Kier molecular flexibility index (Phi) is 13.4. The van der Waals surface area contributed by atoms with Crippen LogP contribution in [0.1, 0.15) is 177 Å². The fraction of sp³-hybridized carbons (Fsp3) is 0.429. The van der Waals surface area contributed by atoms with E-state index in [9.17, 15) is 33.6 Å². The van der Waals surface area contributed by atoms with Gasteiger partial charge < -0.3 is 15.5 Å². The number of nitrogens with one attached hydrogen (secondary N) is 2. The first-order valence-corrected chi connectivity index (χ1v) is 23.6. The van der Waals surface area contributed by atoms with Crippen LogP contribution in [0.25, 0.3) is 0 Å². The monoisotopic (exact) mass is 919 g/mol. The average molecular weight is 920 g/mol. The van der Waals surface area contributed by atoms with Gasteiger partial charge in [0.05, 0.1) is 11.1 Å². The van der Waals surface area contributed by atoms with Gasteiger partial charge in [0.25, 0.3) is 17.7 Å². The van der Waals surface area contributed by atoms with Crippen molar-refractivity contribution in [3.8, 4) is 0 Å². The van der Waals surface area contributed by atoms with Crippen molar-refractivity contribution in [2.45, 2.75) is 148 Å². The molecule has 9 rings (SSSR count). The normalized spacial score (nSPS) is 22.7. The Hall–Kier alpha value is -6.56. The van der Waals surface area contributed by atoms with Crippen molar-refractivity contribution in [1.29, 1.82) is 0 Å². The maximum absolute atomic E-state index is 12.8. The Bertz CT molecular complexity index is 2710. The van der Waals surface area contributed by atoms with Crippen molar-refractivity contribution in [3.63, 3.8) is 0 Å². The van der Waals surface area contributed by atoms with E-state index in [2.05, 4.69) is 83.0 Å². The second kappa shape index (κ2) is 18.5. The predicted molar refractivity (Wildman–Crippen MR) is 264 cm³/mol. The Morgan fingerprint density at radius 1 is 0.574 bits per heavy atom. The van der Waals surface area contributed by atoms with Gasteiger partial charge in [-0.25, -0.2) is 0 Å². The number of allylic oxidation sites excluding steroid dienone is 3. The van der Waals surface area contributed by atoms with Crippen LogP contribution in [-0.2, 0) is 37.2 Å². The Morgan fingerprint density at radius 3 is 1.65 bits per heavy atom. The van der Waals surface area contributed by atoms with Gasteiger partial charge in [0.1, 0.15) is 23.9 Å². The van der Waals surface area contributed by atoms with Crippen molar-refractivity contribution in [1.82, 2.24) is 20.4 Å². The van der Waals surface area contributed by atoms with E-state index in [0.717, 1.165) is 51.3 Å². The largest absolute Gasteiger partial charge is 0.329 e. The number of imide groups is 1. The number of piperidine rings is 2. The molecule has 5 amide bonds. The number of aliphatic imine (C=N–C) groups is 1. The van der Waals surface area contributed by atoms with E-state index >= 15 is 0 Å². The van der Waals surface area contributed by atoms with Gasteiger partial charge in [-0.05, 0) is 101 Å². The summed E-state index contributed by atoms with van der Waals surface area (Å²) in [5.74, 6) is -1.48. The molecule has 3 aromatic rings. The summed E-state index contributed by atoms with van der Waals surface area (Å²) in [5, 5.41) is 5.39. The summed E-state index contributed by atoms with van der Waals surface area (Å²) in [6.45, 7) is 31.0. The number of ketones is 2. The molecule has 12 heteroatoms. The van der Waals surface area contributed by atoms with Crippen LogP contribution < -0.4 is 10.6 Å². The van der Waals surface area contributed by atoms with E-state index in [1.165, 1.54) is 11.1 Å². The lowest BCUT2D eigenvalue weighted by molar-refractivity contribution is -0.126. The first kappa shape index (κ1) is 49.3. The second-order valence-corrected chi connectivity index (χ2v) is 22.0. The van der Waals surface area contributed by atoms with Gasteiger partial charge in [-0.3, -0.25) is 43.5 Å². The lowest BCUT2D eigenvalue weighted by atomic mass is 9.77. The molecule has 5 aliphatic heterocycles. The standard InChI is InChI=1S/C20H23NO2.C18H20N2O3.C18H22N2O2/c1-12-5-7-16(17(22)9-12)18-19(23)15-8-6-14(20(2,3)4)10-13(15)11-21-18;1-10-5-8-14(15(21)19-10)20-16(22)12-7-6-11(18(2,3)4)9-13(12)17(20)23;1-11-5-8-15(16(21)19-11)20-10-12-9-13(18(2,3)4)6-7-14(12)17(20)22/h6,8,10-11,16,18H,1,5,7,9H2,2-4H3;6-7,9,14H,1,5,8H2,2-4H3,(H,19,21);6-7,9,15H,1,5,8,10H2,2-4H3,(H,19,21). The molecule has 0 radical (unpaired) electrons. The van der Waals surface area contributed by atoms with E-state index in [1.54, 1.807) is 23.2 Å². The third-order valence-electron chi connectivity index (χ3n) is 13.8. The van der Waals surface area contributed by atoms with Gasteiger partial charge in [-0.15, -0.1) is 0 Å². The number of benzene rings is 3. The Balaban J connectivity index is 0.000000151. The highest BCUT2D eigenvalue weighted by atomic mass is 16.2. The fourth-order valence-electron chi connectivity index (χ4n) is 9.49. The Labute approximate surface area is 400 Å². The molecule has 6 aliphatic rings. The van der Waals surface area contributed by atoms with Crippen LogP contribution in [-0.4, -0.2) is 75.2 Å². The van der Waals surface area contributed by atoms with Crippen LogP contribution in [0.5, 0.6) is 0 Å². The van der Waals surface area contributed by atoms with Crippen molar-refractivity contribution in [3.05, 3.63) is 141 Å². The maximum Gasteiger partial charge on any atom is 0.262 e.